The molecule has 0 saturated carbocycles. The van der Waals surface area contributed by atoms with Crippen LogP contribution in [0.3, 0.4) is 0 Å². The first-order valence-corrected chi connectivity index (χ1v) is 10.4. The SMILES string of the molecule is C[Si](C)(C)CN(Cc1ccccc1)C1(C#N)COC1. The summed E-state index contributed by atoms with van der Waals surface area (Å²) in [7, 11) is -1.26. The number of hydrogen-bond donors (Lipinski definition) is 0. The molecule has 0 aromatic heterocycles. The highest BCUT2D eigenvalue weighted by atomic mass is 28.3. The Hall–Kier alpha value is -1.15. The Morgan fingerprint density at radius 3 is 2.32 bits per heavy atom. The molecule has 102 valence electrons. The van der Waals surface area contributed by atoms with Crippen molar-refractivity contribution in [3.8, 4) is 6.07 Å². The van der Waals surface area contributed by atoms with Crippen molar-refractivity contribution in [3.05, 3.63) is 35.9 Å². The number of hydrogen-bond acceptors (Lipinski definition) is 3. The van der Waals surface area contributed by atoms with Gasteiger partial charge in [0, 0.05) is 6.54 Å². The molecule has 0 amide bonds. The number of nitriles is 1. The van der Waals surface area contributed by atoms with Crippen molar-refractivity contribution in [1.29, 1.82) is 5.26 Å². The third-order valence-corrected chi connectivity index (χ3v) is 4.71. The topological polar surface area (TPSA) is 36.3 Å². The largest absolute Gasteiger partial charge is 0.375 e. The van der Waals surface area contributed by atoms with Crippen molar-refractivity contribution in [2.75, 3.05) is 19.4 Å². The Bertz CT molecular complexity index is 457. The number of ether oxygens (including phenoxy) is 1. The molecule has 1 aromatic carbocycles. The highest BCUT2D eigenvalue weighted by molar-refractivity contribution is 6.76. The summed E-state index contributed by atoms with van der Waals surface area (Å²) in [5, 5.41) is 9.53. The van der Waals surface area contributed by atoms with Gasteiger partial charge in [-0.15, -0.1) is 0 Å². The zero-order chi connectivity index (χ0) is 13.9. The first kappa shape index (κ1) is 14.3. The predicted molar refractivity (Wildman–Crippen MR) is 79.4 cm³/mol. The minimum absolute atomic E-state index is 0.407. The van der Waals surface area contributed by atoms with E-state index in [-0.39, 0.29) is 0 Å². The van der Waals surface area contributed by atoms with Crippen LogP contribution in [0.25, 0.3) is 0 Å². The molecule has 1 fully saturated rings. The lowest BCUT2D eigenvalue weighted by Crippen LogP contribution is -2.63. The van der Waals surface area contributed by atoms with Gasteiger partial charge in [0.1, 0.15) is 0 Å². The molecule has 0 radical (unpaired) electrons. The van der Waals surface area contributed by atoms with E-state index in [0.717, 1.165) is 12.7 Å². The lowest BCUT2D eigenvalue weighted by molar-refractivity contribution is -0.106. The average Bonchev–Trinajstić information content (AvgIpc) is 2.27. The van der Waals surface area contributed by atoms with Crippen molar-refractivity contribution in [2.45, 2.75) is 31.7 Å². The zero-order valence-electron chi connectivity index (χ0n) is 12.0. The number of rotatable bonds is 5. The van der Waals surface area contributed by atoms with Crippen molar-refractivity contribution >= 4 is 8.07 Å². The van der Waals surface area contributed by atoms with E-state index >= 15 is 0 Å². The zero-order valence-corrected chi connectivity index (χ0v) is 13.0. The van der Waals surface area contributed by atoms with E-state index < -0.39 is 13.6 Å². The van der Waals surface area contributed by atoms with Crippen LogP contribution < -0.4 is 0 Å². The van der Waals surface area contributed by atoms with E-state index in [9.17, 15) is 5.26 Å². The van der Waals surface area contributed by atoms with Gasteiger partial charge in [0.15, 0.2) is 5.54 Å². The van der Waals surface area contributed by atoms with Gasteiger partial charge in [-0.25, -0.2) is 0 Å². The lowest BCUT2D eigenvalue weighted by Gasteiger charge is -2.46. The molecule has 19 heavy (non-hydrogen) atoms. The van der Waals surface area contributed by atoms with Crippen LogP contribution in [0.15, 0.2) is 30.3 Å². The van der Waals surface area contributed by atoms with E-state index in [1.165, 1.54) is 5.56 Å². The molecule has 4 heteroatoms. The fourth-order valence-electron chi connectivity index (χ4n) is 2.35. The van der Waals surface area contributed by atoms with Gasteiger partial charge in [-0.3, -0.25) is 4.90 Å². The van der Waals surface area contributed by atoms with Gasteiger partial charge < -0.3 is 4.74 Å². The Kier molecular flexibility index (Phi) is 4.09. The molecular weight excluding hydrogens is 252 g/mol. The summed E-state index contributed by atoms with van der Waals surface area (Å²) < 4.78 is 5.31. The highest BCUT2D eigenvalue weighted by Gasteiger charge is 2.45. The van der Waals surface area contributed by atoms with E-state index in [1.54, 1.807) is 0 Å². The van der Waals surface area contributed by atoms with E-state index in [1.807, 2.05) is 6.07 Å². The Labute approximate surface area is 116 Å². The normalized spacial score (nSPS) is 17.8. The molecule has 0 spiro atoms. The van der Waals surface area contributed by atoms with E-state index in [0.29, 0.717) is 13.2 Å². The van der Waals surface area contributed by atoms with Gasteiger partial charge in [-0.2, -0.15) is 5.26 Å². The predicted octanol–water partition coefficient (Wildman–Crippen LogP) is 2.66. The van der Waals surface area contributed by atoms with Crippen molar-refractivity contribution in [1.82, 2.24) is 4.90 Å². The smallest absolute Gasteiger partial charge is 0.156 e. The molecule has 0 atom stereocenters. The molecule has 0 bridgehead atoms. The molecule has 3 nitrogen and oxygen atoms in total. The van der Waals surface area contributed by atoms with Gasteiger partial charge in [-0.05, 0) is 11.7 Å². The van der Waals surface area contributed by atoms with Crippen LogP contribution in [-0.2, 0) is 11.3 Å². The molecule has 2 rings (SSSR count). The first-order chi connectivity index (χ1) is 8.95. The van der Waals surface area contributed by atoms with Gasteiger partial charge in [0.25, 0.3) is 0 Å². The van der Waals surface area contributed by atoms with Crippen LogP contribution in [0, 0.1) is 11.3 Å². The summed E-state index contributed by atoms with van der Waals surface area (Å²) in [6.45, 7) is 8.95. The quantitative estimate of drug-likeness (QED) is 0.775. The maximum absolute atomic E-state index is 9.53. The maximum atomic E-state index is 9.53. The summed E-state index contributed by atoms with van der Waals surface area (Å²) >= 11 is 0. The van der Waals surface area contributed by atoms with E-state index in [4.69, 9.17) is 4.74 Å². The van der Waals surface area contributed by atoms with Crippen LogP contribution in [0.1, 0.15) is 5.56 Å². The summed E-state index contributed by atoms with van der Waals surface area (Å²) in [6.07, 6.45) is 1.03. The fraction of sp³-hybridized carbons (Fsp3) is 0.533. The van der Waals surface area contributed by atoms with E-state index in [2.05, 4.69) is 54.9 Å². The van der Waals surface area contributed by atoms with Crippen LogP contribution in [0.5, 0.6) is 0 Å². The van der Waals surface area contributed by atoms with Crippen LogP contribution in [0.2, 0.25) is 19.6 Å². The number of nitrogens with zero attached hydrogens (tertiary/aromatic N) is 2. The van der Waals surface area contributed by atoms with Crippen molar-refractivity contribution in [2.24, 2.45) is 0 Å². The molecule has 0 N–H and O–H groups in total. The second-order valence-corrected chi connectivity index (χ2v) is 12.0. The lowest BCUT2D eigenvalue weighted by atomic mass is 9.97. The van der Waals surface area contributed by atoms with Crippen molar-refractivity contribution in [3.63, 3.8) is 0 Å². The molecule has 1 aromatic rings. The Morgan fingerprint density at radius 2 is 1.89 bits per heavy atom. The van der Waals surface area contributed by atoms with Crippen LogP contribution in [0.4, 0.5) is 0 Å². The van der Waals surface area contributed by atoms with Gasteiger partial charge >= 0.3 is 0 Å². The second-order valence-electron chi connectivity index (χ2n) is 6.54. The minimum Gasteiger partial charge on any atom is -0.375 e. The Balaban J connectivity index is 2.18. The summed E-state index contributed by atoms with van der Waals surface area (Å²) in [5.74, 6) is 0. The molecular formula is C15H22N2OSi. The van der Waals surface area contributed by atoms with Gasteiger partial charge in [0.05, 0.1) is 27.4 Å². The molecule has 0 unspecified atom stereocenters. The molecule has 1 saturated heterocycles. The Morgan fingerprint density at radius 1 is 1.26 bits per heavy atom. The summed E-state index contributed by atoms with van der Waals surface area (Å²) in [5.41, 5.74) is 0.859. The molecule has 1 aliphatic rings. The molecule has 0 aliphatic carbocycles. The number of benzene rings is 1. The van der Waals surface area contributed by atoms with Crippen molar-refractivity contribution < 1.29 is 4.74 Å². The maximum Gasteiger partial charge on any atom is 0.156 e. The summed E-state index contributed by atoms with van der Waals surface area (Å²) in [6, 6.07) is 12.9. The third kappa shape index (κ3) is 3.44. The second kappa shape index (κ2) is 5.46. The van der Waals surface area contributed by atoms with Crippen LogP contribution in [-0.4, -0.2) is 37.9 Å². The first-order valence-electron chi connectivity index (χ1n) is 6.73. The third-order valence-electron chi connectivity index (χ3n) is 3.38. The van der Waals surface area contributed by atoms with Gasteiger partial charge in [-0.1, -0.05) is 50.0 Å². The summed E-state index contributed by atoms with van der Waals surface area (Å²) in [4.78, 5) is 2.33. The van der Waals surface area contributed by atoms with Crippen LogP contribution >= 0.6 is 0 Å². The molecule has 1 heterocycles. The fourth-order valence-corrected chi connectivity index (χ4v) is 3.91. The molecule has 1 aliphatic heterocycles. The monoisotopic (exact) mass is 274 g/mol. The highest BCUT2D eigenvalue weighted by Crippen LogP contribution is 2.27. The van der Waals surface area contributed by atoms with Gasteiger partial charge in [0.2, 0.25) is 0 Å². The standard InChI is InChI=1S/C15H22N2OSi/c1-19(2,3)13-17(15(10-16)11-18-12-15)9-14-7-5-4-6-8-14/h4-8H,9,11-13H2,1-3H3. The minimum atomic E-state index is -1.26. The average molecular weight is 274 g/mol.